The van der Waals surface area contributed by atoms with Crippen molar-refractivity contribution in [1.82, 2.24) is 4.90 Å². The quantitative estimate of drug-likeness (QED) is 0.841. The molecule has 0 unspecified atom stereocenters. The highest BCUT2D eigenvalue weighted by Crippen LogP contribution is 2.32. The van der Waals surface area contributed by atoms with Crippen LogP contribution in [0, 0.1) is 5.82 Å². The van der Waals surface area contributed by atoms with Crippen LogP contribution in [0.5, 0.6) is 5.75 Å². The number of hydrogen-bond acceptors (Lipinski definition) is 3. The predicted molar refractivity (Wildman–Crippen MR) is 79.6 cm³/mol. The normalized spacial score (nSPS) is 19.4. The summed E-state index contributed by atoms with van der Waals surface area (Å²) in [6.45, 7) is 4.65. The van der Waals surface area contributed by atoms with Crippen molar-refractivity contribution >= 4 is 0 Å². The minimum atomic E-state index is -0.197. The number of hydrogen-bond donors (Lipinski definition) is 0. The van der Waals surface area contributed by atoms with Gasteiger partial charge in [-0.25, -0.2) is 4.39 Å². The van der Waals surface area contributed by atoms with Gasteiger partial charge in [-0.15, -0.1) is 0 Å². The fraction of sp³-hybridized carbons (Fsp3) is 0.647. The van der Waals surface area contributed by atoms with Crippen LogP contribution in [0.25, 0.3) is 0 Å². The maximum atomic E-state index is 13.8. The van der Waals surface area contributed by atoms with Gasteiger partial charge in [0.1, 0.15) is 11.6 Å². The van der Waals surface area contributed by atoms with E-state index in [0.717, 1.165) is 30.0 Å². The number of nitrogens with zero attached hydrogens (tertiary/aromatic N) is 1. The molecule has 3 rings (SSSR count). The molecule has 0 bridgehead atoms. The summed E-state index contributed by atoms with van der Waals surface area (Å²) in [7, 11) is 0. The van der Waals surface area contributed by atoms with Crippen LogP contribution in [-0.4, -0.2) is 24.3 Å². The Kier molecular flexibility index (Phi) is 4.76. The lowest BCUT2D eigenvalue weighted by Crippen LogP contribution is -2.36. The Morgan fingerprint density at radius 1 is 1.24 bits per heavy atom. The number of benzene rings is 1. The molecule has 116 valence electrons. The van der Waals surface area contributed by atoms with Gasteiger partial charge in [0.05, 0.1) is 6.61 Å². The maximum Gasteiger partial charge on any atom is 0.189 e. The third-order valence-corrected chi connectivity index (χ3v) is 4.62. The highest BCUT2D eigenvalue weighted by molar-refractivity contribution is 5.42. The molecule has 1 aromatic carbocycles. The molecule has 2 aliphatic rings. The Labute approximate surface area is 126 Å². The highest BCUT2D eigenvalue weighted by atomic mass is 19.1. The van der Waals surface area contributed by atoms with Gasteiger partial charge in [0.2, 0.25) is 0 Å². The van der Waals surface area contributed by atoms with Gasteiger partial charge in [-0.3, -0.25) is 4.90 Å². The molecular formula is C17H24FNO2. The van der Waals surface area contributed by atoms with E-state index in [9.17, 15) is 4.39 Å². The minimum Gasteiger partial charge on any atom is -0.467 e. The van der Waals surface area contributed by atoms with Gasteiger partial charge >= 0.3 is 0 Å². The van der Waals surface area contributed by atoms with E-state index < -0.39 is 0 Å². The fourth-order valence-corrected chi connectivity index (χ4v) is 3.54. The largest absolute Gasteiger partial charge is 0.467 e. The lowest BCUT2D eigenvalue weighted by Gasteiger charge is -2.34. The molecule has 1 saturated carbocycles. The van der Waals surface area contributed by atoms with Crippen LogP contribution in [0.1, 0.15) is 50.2 Å². The molecule has 3 nitrogen and oxygen atoms in total. The van der Waals surface area contributed by atoms with Crippen LogP contribution in [0.3, 0.4) is 0 Å². The van der Waals surface area contributed by atoms with Gasteiger partial charge in [0.15, 0.2) is 6.79 Å². The first kappa shape index (κ1) is 14.8. The molecule has 0 amide bonds. The summed E-state index contributed by atoms with van der Waals surface area (Å²) in [5.74, 6) is 0.634. The number of rotatable bonds is 4. The molecule has 1 aliphatic heterocycles. The van der Waals surface area contributed by atoms with Gasteiger partial charge in [0, 0.05) is 23.7 Å². The molecule has 1 fully saturated rings. The monoisotopic (exact) mass is 293 g/mol. The van der Waals surface area contributed by atoms with Crippen molar-refractivity contribution in [2.24, 2.45) is 0 Å². The Morgan fingerprint density at radius 3 is 2.81 bits per heavy atom. The van der Waals surface area contributed by atoms with Crippen LogP contribution in [0.15, 0.2) is 12.1 Å². The zero-order chi connectivity index (χ0) is 14.7. The highest BCUT2D eigenvalue weighted by Gasteiger charge is 2.23. The second-order valence-electron chi connectivity index (χ2n) is 6.02. The molecule has 0 aromatic heterocycles. The summed E-state index contributed by atoms with van der Waals surface area (Å²) in [5.41, 5.74) is 1.79. The molecule has 1 aromatic rings. The van der Waals surface area contributed by atoms with E-state index in [1.54, 1.807) is 6.07 Å². The van der Waals surface area contributed by atoms with Crippen molar-refractivity contribution in [1.29, 1.82) is 0 Å². The zero-order valence-electron chi connectivity index (χ0n) is 12.7. The molecule has 1 heterocycles. The van der Waals surface area contributed by atoms with Crippen molar-refractivity contribution < 1.29 is 13.9 Å². The molecular weight excluding hydrogens is 269 g/mol. The molecule has 0 saturated heterocycles. The lowest BCUT2D eigenvalue weighted by molar-refractivity contribution is -0.0179. The van der Waals surface area contributed by atoms with Gasteiger partial charge in [-0.05, 0) is 31.5 Å². The van der Waals surface area contributed by atoms with E-state index in [1.807, 2.05) is 0 Å². The fourth-order valence-electron chi connectivity index (χ4n) is 3.54. The van der Waals surface area contributed by atoms with Crippen LogP contribution >= 0.6 is 0 Å². The average molecular weight is 293 g/mol. The second-order valence-corrected chi connectivity index (χ2v) is 6.02. The summed E-state index contributed by atoms with van der Waals surface area (Å²) < 4.78 is 24.7. The Hall–Kier alpha value is -1.13. The number of halogens is 1. The van der Waals surface area contributed by atoms with Gasteiger partial charge < -0.3 is 9.47 Å². The van der Waals surface area contributed by atoms with E-state index in [2.05, 4.69) is 11.8 Å². The van der Waals surface area contributed by atoms with E-state index >= 15 is 0 Å². The molecule has 0 spiro atoms. The number of ether oxygens (including phenoxy) is 2. The van der Waals surface area contributed by atoms with Crippen molar-refractivity contribution in [2.75, 3.05) is 13.3 Å². The first-order valence-electron chi connectivity index (χ1n) is 8.04. The summed E-state index contributed by atoms with van der Waals surface area (Å²) in [6.07, 6.45) is 6.49. The zero-order valence-corrected chi connectivity index (χ0v) is 12.7. The van der Waals surface area contributed by atoms with Crippen molar-refractivity contribution in [2.45, 2.75) is 58.2 Å². The smallest absolute Gasteiger partial charge is 0.189 e. The average Bonchev–Trinajstić information content (AvgIpc) is 2.53. The van der Waals surface area contributed by atoms with Crippen LogP contribution in [0.2, 0.25) is 0 Å². The number of fused-ring (bicyclic) bond motifs is 1. The van der Waals surface area contributed by atoms with E-state index in [4.69, 9.17) is 9.47 Å². The molecule has 0 N–H and O–H groups in total. The summed E-state index contributed by atoms with van der Waals surface area (Å²) in [6, 6.07) is 3.77. The predicted octanol–water partition coefficient (Wildman–Crippen LogP) is 3.85. The van der Waals surface area contributed by atoms with Gasteiger partial charge in [-0.2, -0.15) is 0 Å². The Morgan fingerprint density at radius 2 is 2.05 bits per heavy atom. The summed E-state index contributed by atoms with van der Waals surface area (Å²) in [4.78, 5) is 2.47. The summed E-state index contributed by atoms with van der Waals surface area (Å²) in [5, 5.41) is 0. The Bertz CT molecular complexity index is 486. The first-order valence-corrected chi connectivity index (χ1v) is 8.04. The van der Waals surface area contributed by atoms with Crippen molar-refractivity contribution in [3.63, 3.8) is 0 Å². The van der Waals surface area contributed by atoms with Crippen LogP contribution in [0.4, 0.5) is 4.39 Å². The lowest BCUT2D eigenvalue weighted by atomic mass is 9.93. The second kappa shape index (κ2) is 6.75. The van der Waals surface area contributed by atoms with Crippen molar-refractivity contribution in [3.8, 4) is 5.75 Å². The van der Waals surface area contributed by atoms with Gasteiger partial charge in [-0.1, -0.05) is 26.2 Å². The van der Waals surface area contributed by atoms with E-state index in [0.29, 0.717) is 12.6 Å². The third kappa shape index (κ3) is 3.38. The van der Waals surface area contributed by atoms with Crippen LogP contribution in [-0.2, 0) is 17.9 Å². The van der Waals surface area contributed by atoms with Gasteiger partial charge in [0.25, 0.3) is 0 Å². The van der Waals surface area contributed by atoms with E-state index in [-0.39, 0.29) is 12.6 Å². The molecule has 4 heteroatoms. The molecule has 0 atom stereocenters. The maximum absolute atomic E-state index is 13.8. The Balaban J connectivity index is 1.80. The minimum absolute atomic E-state index is 0.197. The van der Waals surface area contributed by atoms with E-state index in [1.165, 1.54) is 38.2 Å². The SMILES string of the molecule is CCN(Cc1cc(F)cc2c1OCOC2)C1CCCCC1. The van der Waals surface area contributed by atoms with Crippen molar-refractivity contribution in [3.05, 3.63) is 29.1 Å². The van der Waals surface area contributed by atoms with Crippen LogP contribution < -0.4 is 4.74 Å². The standard InChI is InChI=1S/C17H24FNO2/c1-2-19(16-6-4-3-5-7-16)10-13-8-15(18)9-14-11-20-12-21-17(13)14/h8-9,16H,2-7,10-12H2,1H3. The third-order valence-electron chi connectivity index (χ3n) is 4.62. The summed E-state index contributed by atoms with van der Waals surface area (Å²) >= 11 is 0. The molecule has 1 aliphatic carbocycles. The first-order chi connectivity index (χ1) is 10.3. The topological polar surface area (TPSA) is 21.7 Å². The molecule has 0 radical (unpaired) electrons. The molecule has 21 heavy (non-hydrogen) atoms.